The number of nitrogens with one attached hydrogen (secondary N) is 1. The Morgan fingerprint density at radius 1 is 1.19 bits per heavy atom. The monoisotopic (exact) mass is 428 g/mol. The molecule has 0 fully saturated rings. The summed E-state index contributed by atoms with van der Waals surface area (Å²) in [6.07, 6.45) is -4.46. The minimum atomic E-state index is -4.46. The van der Waals surface area contributed by atoms with Gasteiger partial charge in [0.05, 0.1) is 17.3 Å². The summed E-state index contributed by atoms with van der Waals surface area (Å²) >= 11 is 11.8. The number of nitrogens with zero attached hydrogens (tertiary/aromatic N) is 1. The van der Waals surface area contributed by atoms with E-state index < -0.39 is 29.4 Å². The fourth-order valence-corrected chi connectivity index (χ4v) is 3.75. The van der Waals surface area contributed by atoms with Crippen LogP contribution in [0, 0.1) is 6.92 Å². The van der Waals surface area contributed by atoms with Gasteiger partial charge in [-0.2, -0.15) is 13.2 Å². The van der Waals surface area contributed by atoms with E-state index in [-0.39, 0.29) is 21.4 Å². The predicted molar refractivity (Wildman–Crippen MR) is 92.0 cm³/mol. The number of halogens is 5. The molecule has 0 aliphatic carbocycles. The van der Waals surface area contributed by atoms with E-state index in [1.54, 1.807) is 6.92 Å². The Hall–Kier alpha value is -1.55. The first-order valence-corrected chi connectivity index (χ1v) is 9.31. The highest BCUT2D eigenvalue weighted by molar-refractivity contribution is 7.92. The van der Waals surface area contributed by atoms with E-state index in [2.05, 4.69) is 14.4 Å². The molecule has 1 heterocycles. The van der Waals surface area contributed by atoms with Crippen LogP contribution in [-0.4, -0.2) is 26.2 Å². The van der Waals surface area contributed by atoms with Gasteiger partial charge >= 0.3 is 6.18 Å². The van der Waals surface area contributed by atoms with Gasteiger partial charge in [-0.05, 0) is 36.8 Å². The molecule has 5 nitrogen and oxygen atoms in total. The van der Waals surface area contributed by atoms with Crippen molar-refractivity contribution in [1.82, 2.24) is 4.98 Å². The Morgan fingerprint density at radius 2 is 1.88 bits per heavy atom. The van der Waals surface area contributed by atoms with Crippen molar-refractivity contribution in [3.8, 4) is 0 Å². The molecule has 0 aliphatic heterocycles. The molecule has 0 aliphatic rings. The van der Waals surface area contributed by atoms with Crippen LogP contribution in [-0.2, 0) is 21.4 Å². The number of alkyl halides is 3. The standard InChI is InChI=1S/C15H13Cl2F3N2O3S/c1-9-5-13(12(17)6-11(9)16)26(23,24)22-14-4-2-3-10(21-14)7-25-8-15(18,19)20/h2-6H,7-8H2,1H3,(H,21,22). The first-order valence-electron chi connectivity index (χ1n) is 7.07. The second-order valence-electron chi connectivity index (χ2n) is 5.26. The summed E-state index contributed by atoms with van der Waals surface area (Å²) in [7, 11) is -4.07. The van der Waals surface area contributed by atoms with Gasteiger partial charge in [-0.15, -0.1) is 0 Å². The van der Waals surface area contributed by atoms with Crippen molar-refractivity contribution >= 4 is 39.0 Å². The van der Waals surface area contributed by atoms with Crippen LogP contribution in [0.15, 0.2) is 35.2 Å². The largest absolute Gasteiger partial charge is 0.411 e. The molecule has 2 rings (SSSR count). The van der Waals surface area contributed by atoms with Crippen molar-refractivity contribution < 1.29 is 26.3 Å². The number of rotatable bonds is 6. The van der Waals surface area contributed by atoms with Gasteiger partial charge in [-0.3, -0.25) is 4.72 Å². The highest BCUT2D eigenvalue weighted by Gasteiger charge is 2.27. The number of ether oxygens (including phenoxy) is 1. The average molecular weight is 429 g/mol. The van der Waals surface area contributed by atoms with Crippen molar-refractivity contribution in [1.29, 1.82) is 0 Å². The summed E-state index contributed by atoms with van der Waals surface area (Å²) in [6.45, 7) is -0.227. The molecule has 1 aromatic carbocycles. The van der Waals surface area contributed by atoms with Gasteiger partial charge in [-0.1, -0.05) is 29.3 Å². The molecule has 0 radical (unpaired) electrons. The number of sulfonamides is 1. The summed E-state index contributed by atoms with van der Waals surface area (Å²) in [5.74, 6) is -0.0817. The lowest BCUT2D eigenvalue weighted by Crippen LogP contribution is -2.17. The first-order chi connectivity index (χ1) is 12.0. The maximum atomic E-state index is 12.5. The topological polar surface area (TPSA) is 68.3 Å². The third-order valence-electron chi connectivity index (χ3n) is 3.06. The van der Waals surface area contributed by atoms with Crippen LogP contribution in [0.5, 0.6) is 0 Å². The van der Waals surface area contributed by atoms with Crippen molar-refractivity contribution in [2.24, 2.45) is 0 Å². The zero-order valence-electron chi connectivity index (χ0n) is 13.3. The number of hydrogen-bond acceptors (Lipinski definition) is 4. The lowest BCUT2D eigenvalue weighted by atomic mass is 10.2. The number of anilines is 1. The van der Waals surface area contributed by atoms with Crippen molar-refractivity contribution in [2.75, 3.05) is 11.3 Å². The van der Waals surface area contributed by atoms with Crippen LogP contribution in [0.4, 0.5) is 19.0 Å². The third-order valence-corrected chi connectivity index (χ3v) is 5.29. The van der Waals surface area contributed by atoms with E-state index >= 15 is 0 Å². The maximum Gasteiger partial charge on any atom is 0.411 e. The minimum absolute atomic E-state index is 0.0715. The Labute approximate surface area is 158 Å². The van der Waals surface area contributed by atoms with Crippen LogP contribution in [0.2, 0.25) is 10.0 Å². The van der Waals surface area contributed by atoms with Gasteiger partial charge in [0.1, 0.15) is 17.3 Å². The average Bonchev–Trinajstić information content (AvgIpc) is 2.49. The van der Waals surface area contributed by atoms with Crippen LogP contribution in [0.3, 0.4) is 0 Å². The molecule has 0 unspecified atom stereocenters. The van der Waals surface area contributed by atoms with Gasteiger partial charge < -0.3 is 4.74 Å². The summed E-state index contributed by atoms with van der Waals surface area (Å²) < 4.78 is 68.0. The van der Waals surface area contributed by atoms with Crippen LogP contribution in [0.1, 0.15) is 11.3 Å². The molecule has 142 valence electrons. The van der Waals surface area contributed by atoms with E-state index in [1.165, 1.54) is 30.3 Å². The maximum absolute atomic E-state index is 12.5. The molecule has 1 aromatic heterocycles. The molecule has 0 saturated heterocycles. The van der Waals surface area contributed by atoms with E-state index in [9.17, 15) is 21.6 Å². The van der Waals surface area contributed by atoms with Crippen molar-refractivity contribution in [3.05, 3.63) is 51.6 Å². The zero-order valence-corrected chi connectivity index (χ0v) is 15.6. The Balaban J connectivity index is 2.17. The lowest BCUT2D eigenvalue weighted by Gasteiger charge is -2.12. The van der Waals surface area contributed by atoms with Crippen LogP contribution < -0.4 is 4.72 Å². The molecule has 0 spiro atoms. The van der Waals surface area contributed by atoms with E-state index in [4.69, 9.17) is 23.2 Å². The molecular weight excluding hydrogens is 416 g/mol. The molecule has 0 amide bonds. The lowest BCUT2D eigenvalue weighted by molar-refractivity contribution is -0.176. The van der Waals surface area contributed by atoms with Gasteiger partial charge in [0, 0.05) is 5.02 Å². The molecule has 2 aromatic rings. The van der Waals surface area contributed by atoms with Crippen molar-refractivity contribution in [3.63, 3.8) is 0 Å². The summed E-state index contributed by atoms with van der Waals surface area (Å²) in [5.41, 5.74) is 0.645. The molecule has 26 heavy (non-hydrogen) atoms. The normalized spacial score (nSPS) is 12.2. The fourth-order valence-electron chi connectivity index (χ4n) is 1.92. The number of aryl methyl sites for hydroxylation is 1. The first kappa shape index (κ1) is 20.8. The van der Waals surface area contributed by atoms with Gasteiger partial charge in [0.15, 0.2) is 0 Å². The van der Waals surface area contributed by atoms with E-state index in [1.807, 2.05) is 0 Å². The quantitative estimate of drug-likeness (QED) is 0.730. The van der Waals surface area contributed by atoms with Crippen LogP contribution >= 0.6 is 23.2 Å². The molecule has 11 heteroatoms. The molecule has 1 N–H and O–H groups in total. The van der Waals surface area contributed by atoms with Gasteiger partial charge in [-0.25, -0.2) is 13.4 Å². The number of aromatic nitrogens is 1. The zero-order chi connectivity index (χ0) is 19.5. The summed E-state index contributed by atoms with van der Waals surface area (Å²) in [6, 6.07) is 6.81. The Bertz CT molecular complexity index is 905. The summed E-state index contributed by atoms with van der Waals surface area (Å²) in [5, 5.41) is 0.244. The van der Waals surface area contributed by atoms with Gasteiger partial charge in [0.2, 0.25) is 0 Å². The SMILES string of the molecule is Cc1cc(S(=O)(=O)Nc2cccc(COCC(F)(F)F)n2)c(Cl)cc1Cl. The molecular formula is C15H13Cl2F3N2O3S. The summed E-state index contributed by atoms with van der Waals surface area (Å²) in [4.78, 5) is 3.73. The number of hydrogen-bond donors (Lipinski definition) is 1. The van der Waals surface area contributed by atoms with Crippen LogP contribution in [0.25, 0.3) is 0 Å². The minimum Gasteiger partial charge on any atom is -0.366 e. The van der Waals surface area contributed by atoms with E-state index in [0.29, 0.717) is 10.6 Å². The molecule has 0 bridgehead atoms. The Kier molecular flexibility index (Phi) is 6.38. The fraction of sp³-hybridized carbons (Fsp3) is 0.267. The molecule has 0 saturated carbocycles. The highest BCUT2D eigenvalue weighted by Crippen LogP contribution is 2.29. The molecule has 0 atom stereocenters. The third kappa shape index (κ3) is 5.73. The van der Waals surface area contributed by atoms with Crippen molar-refractivity contribution in [2.45, 2.75) is 24.6 Å². The second-order valence-corrected chi connectivity index (χ2v) is 7.72. The highest BCUT2D eigenvalue weighted by atomic mass is 35.5. The Morgan fingerprint density at radius 3 is 2.54 bits per heavy atom. The smallest absolute Gasteiger partial charge is 0.366 e. The number of pyridine rings is 1. The second kappa shape index (κ2) is 7.99. The predicted octanol–water partition coefficient (Wildman–Crippen LogP) is 4.58. The van der Waals surface area contributed by atoms with Gasteiger partial charge in [0.25, 0.3) is 10.0 Å². The van der Waals surface area contributed by atoms with E-state index in [0.717, 1.165) is 0 Å². The number of benzene rings is 1.